The normalized spacial score (nSPS) is 44.2. The lowest BCUT2D eigenvalue weighted by atomic mass is 9.30. The molecule has 0 aromatic rings. The van der Waals surface area contributed by atoms with E-state index in [1.165, 1.54) is 33.8 Å². The van der Waals surface area contributed by atoms with Crippen LogP contribution in [0, 0.1) is 51.2 Å². The van der Waals surface area contributed by atoms with Gasteiger partial charge in [0.05, 0.1) is 39.1 Å². The fourth-order valence-electron chi connectivity index (χ4n) is 10.3. The lowest BCUT2D eigenvalue weighted by Gasteiger charge is -2.72. The molecule has 10 atom stereocenters. The van der Waals surface area contributed by atoms with Gasteiger partial charge in [-0.2, -0.15) is 0 Å². The summed E-state index contributed by atoms with van der Waals surface area (Å²) in [6.07, 6.45) is 10.6. The van der Waals surface area contributed by atoms with Gasteiger partial charge in [-0.05, 0) is 61.2 Å². The second-order valence-corrected chi connectivity index (χ2v) is 13.0. The van der Waals surface area contributed by atoms with E-state index in [0.717, 1.165) is 25.7 Å². The molecule has 8 heteroatoms. The number of hydrogen-bond acceptors (Lipinski definition) is 8. The molecule has 0 heterocycles. The van der Waals surface area contributed by atoms with Gasteiger partial charge < -0.3 is 18.9 Å². The first-order valence-electron chi connectivity index (χ1n) is 14.2. The topological polar surface area (TPSA) is 105 Å². The third-order valence-electron chi connectivity index (χ3n) is 11.8. The number of allylic oxidation sites excluding steroid dienone is 4. The fraction of sp³-hybridized carbons (Fsp3) is 0.742. The van der Waals surface area contributed by atoms with Crippen molar-refractivity contribution < 1.29 is 38.1 Å². The molecule has 2 spiro atoms. The van der Waals surface area contributed by atoms with Gasteiger partial charge in [-0.3, -0.25) is 19.2 Å². The Labute approximate surface area is 230 Å². The molecule has 3 fully saturated rings. The number of hydrogen-bond donors (Lipinski definition) is 0. The Hall–Kier alpha value is -2.64. The second kappa shape index (κ2) is 9.20. The molecular weight excluding hydrogens is 500 g/mol. The molecule has 6 rings (SSSR count). The molecule has 0 aliphatic heterocycles. The monoisotopic (exact) mass is 542 g/mol. The number of carbonyl (C=O) groups is 4. The quantitative estimate of drug-likeness (QED) is 0.286. The zero-order valence-electron chi connectivity index (χ0n) is 24.2. The van der Waals surface area contributed by atoms with Crippen molar-refractivity contribution in [3.8, 4) is 0 Å². The van der Waals surface area contributed by atoms with E-state index in [1.807, 2.05) is 6.92 Å². The maximum Gasteiger partial charge on any atom is 0.310 e. The SMILES string of the molecule is COC(=O)C(C)C1CCC2C1(C)CC=C1C23C=CC2(CC(OC(C)=O)CCC12C)C(C(=O)OC)C3C(=O)OC. The first-order chi connectivity index (χ1) is 18.4. The average molecular weight is 543 g/mol. The summed E-state index contributed by atoms with van der Waals surface area (Å²) in [5.41, 5.74) is -1.03. The van der Waals surface area contributed by atoms with Crippen LogP contribution in [0.4, 0.5) is 0 Å². The minimum absolute atomic E-state index is 0.0240. The van der Waals surface area contributed by atoms with Crippen LogP contribution in [0.3, 0.4) is 0 Å². The van der Waals surface area contributed by atoms with E-state index in [0.29, 0.717) is 12.8 Å². The zero-order valence-corrected chi connectivity index (χ0v) is 24.2. The van der Waals surface area contributed by atoms with Crippen LogP contribution in [-0.2, 0) is 38.1 Å². The van der Waals surface area contributed by atoms with Crippen molar-refractivity contribution in [1.82, 2.24) is 0 Å². The summed E-state index contributed by atoms with van der Waals surface area (Å²) in [5.74, 6) is -3.20. The molecule has 0 N–H and O–H groups in total. The highest BCUT2D eigenvalue weighted by Gasteiger charge is 2.78. The Kier molecular flexibility index (Phi) is 6.58. The number of methoxy groups -OCH3 is 3. The summed E-state index contributed by atoms with van der Waals surface area (Å²) in [4.78, 5) is 52.3. The Morgan fingerprint density at radius 2 is 1.59 bits per heavy atom. The largest absolute Gasteiger partial charge is 0.469 e. The van der Waals surface area contributed by atoms with Crippen LogP contribution in [0.25, 0.3) is 0 Å². The molecule has 3 saturated carbocycles. The van der Waals surface area contributed by atoms with Gasteiger partial charge >= 0.3 is 23.9 Å². The van der Waals surface area contributed by atoms with Crippen molar-refractivity contribution >= 4 is 23.9 Å². The van der Waals surface area contributed by atoms with Gasteiger partial charge in [0.15, 0.2) is 0 Å². The van der Waals surface area contributed by atoms with Gasteiger partial charge in [0, 0.05) is 17.8 Å². The predicted octanol–water partition coefficient (Wildman–Crippen LogP) is 4.41. The van der Waals surface area contributed by atoms with E-state index in [9.17, 15) is 19.2 Å². The molecule has 0 aromatic carbocycles. The van der Waals surface area contributed by atoms with Gasteiger partial charge in [-0.25, -0.2) is 0 Å². The van der Waals surface area contributed by atoms with E-state index in [-0.39, 0.29) is 41.2 Å². The highest BCUT2D eigenvalue weighted by Crippen LogP contribution is 2.80. The molecule has 0 saturated heterocycles. The summed E-state index contributed by atoms with van der Waals surface area (Å²) in [5, 5.41) is 0. The van der Waals surface area contributed by atoms with Crippen LogP contribution in [0.1, 0.15) is 66.2 Å². The van der Waals surface area contributed by atoms with Crippen molar-refractivity contribution in [2.24, 2.45) is 51.2 Å². The first kappa shape index (κ1) is 27.9. The lowest BCUT2D eigenvalue weighted by molar-refractivity contribution is -0.201. The molecule has 0 amide bonds. The molecule has 6 aliphatic carbocycles. The van der Waals surface area contributed by atoms with Gasteiger partial charge in [-0.15, -0.1) is 0 Å². The molecule has 10 unspecified atom stereocenters. The minimum atomic E-state index is -0.792. The summed E-state index contributed by atoms with van der Waals surface area (Å²) in [6.45, 7) is 7.80. The van der Waals surface area contributed by atoms with Gasteiger partial charge in [-0.1, -0.05) is 44.6 Å². The summed E-state index contributed by atoms with van der Waals surface area (Å²) < 4.78 is 21.7. The fourth-order valence-corrected chi connectivity index (χ4v) is 10.3. The van der Waals surface area contributed by atoms with E-state index >= 15 is 0 Å². The highest BCUT2D eigenvalue weighted by atomic mass is 16.5. The molecule has 0 radical (unpaired) electrons. The van der Waals surface area contributed by atoms with Crippen LogP contribution in [0.15, 0.2) is 23.8 Å². The molecule has 8 nitrogen and oxygen atoms in total. The Morgan fingerprint density at radius 1 is 0.923 bits per heavy atom. The maximum atomic E-state index is 13.9. The van der Waals surface area contributed by atoms with Crippen LogP contribution >= 0.6 is 0 Å². The van der Waals surface area contributed by atoms with E-state index < -0.39 is 40.0 Å². The van der Waals surface area contributed by atoms with E-state index in [2.05, 4.69) is 32.1 Å². The number of fused-ring (bicyclic) bond motifs is 2. The van der Waals surface area contributed by atoms with E-state index in [4.69, 9.17) is 18.9 Å². The summed E-state index contributed by atoms with van der Waals surface area (Å²) in [6, 6.07) is 0. The predicted molar refractivity (Wildman–Crippen MR) is 141 cm³/mol. The van der Waals surface area contributed by atoms with Gasteiger partial charge in [0.2, 0.25) is 0 Å². The average Bonchev–Trinajstić information content (AvgIpc) is 3.27. The lowest BCUT2D eigenvalue weighted by Crippen LogP contribution is -2.71. The van der Waals surface area contributed by atoms with Crippen molar-refractivity contribution in [3.05, 3.63) is 23.8 Å². The second-order valence-electron chi connectivity index (χ2n) is 13.0. The van der Waals surface area contributed by atoms with Crippen molar-refractivity contribution in [2.75, 3.05) is 21.3 Å². The van der Waals surface area contributed by atoms with Gasteiger partial charge in [0.25, 0.3) is 0 Å². The molecular formula is C31H42O8. The van der Waals surface area contributed by atoms with Crippen molar-refractivity contribution in [2.45, 2.75) is 72.3 Å². The van der Waals surface area contributed by atoms with Crippen molar-refractivity contribution in [3.63, 3.8) is 0 Å². The molecule has 2 bridgehead atoms. The van der Waals surface area contributed by atoms with Crippen LogP contribution in [0.5, 0.6) is 0 Å². The third kappa shape index (κ3) is 3.41. The van der Waals surface area contributed by atoms with Crippen LogP contribution < -0.4 is 0 Å². The third-order valence-corrected chi connectivity index (χ3v) is 11.8. The zero-order chi connectivity index (χ0) is 28.5. The highest BCUT2D eigenvalue weighted by molar-refractivity contribution is 5.87. The number of rotatable bonds is 5. The van der Waals surface area contributed by atoms with Crippen LogP contribution in [-0.4, -0.2) is 51.3 Å². The molecule has 6 aliphatic rings. The number of carbonyl (C=O) groups excluding carboxylic acids is 4. The smallest absolute Gasteiger partial charge is 0.310 e. The molecule has 39 heavy (non-hydrogen) atoms. The number of ether oxygens (including phenoxy) is 4. The Morgan fingerprint density at radius 3 is 2.21 bits per heavy atom. The summed E-state index contributed by atoms with van der Waals surface area (Å²) >= 11 is 0. The Balaban J connectivity index is 1.74. The molecule has 214 valence electrons. The van der Waals surface area contributed by atoms with Gasteiger partial charge in [0.1, 0.15) is 6.10 Å². The Bertz CT molecular complexity index is 1160. The standard InChI is InChI=1S/C31H42O8/c1-17(25(33)36-5)20-8-9-21-28(20,3)12-11-22-29(4)13-10-19(39-18(2)32)16-30(29)14-15-31(21,22)24(27(35)38-7)23(30)26(34)37-6/h11,14-15,17,19-21,23-24H,8-10,12-13,16H2,1-7H3. The molecule has 0 aromatic heterocycles. The minimum Gasteiger partial charge on any atom is -0.469 e. The van der Waals surface area contributed by atoms with Crippen molar-refractivity contribution in [1.29, 1.82) is 0 Å². The summed E-state index contributed by atoms with van der Waals surface area (Å²) in [7, 11) is 4.17. The van der Waals surface area contributed by atoms with Crippen LogP contribution in [0.2, 0.25) is 0 Å². The first-order valence-corrected chi connectivity index (χ1v) is 14.2. The number of esters is 4. The van der Waals surface area contributed by atoms with E-state index in [1.54, 1.807) is 0 Å². The maximum absolute atomic E-state index is 13.9.